The largest absolute Gasteiger partial charge is 0.465 e. The Bertz CT molecular complexity index is 513. The van der Waals surface area contributed by atoms with Crippen LogP contribution in [0.4, 0.5) is 13.2 Å². The molecule has 21 heavy (non-hydrogen) atoms. The number of hydrogen-bond donors (Lipinski definition) is 0. The van der Waals surface area contributed by atoms with Crippen molar-refractivity contribution in [1.82, 2.24) is 0 Å². The summed E-state index contributed by atoms with van der Waals surface area (Å²) in [6.07, 6.45) is -0.674. The molecule has 0 aliphatic heterocycles. The van der Waals surface area contributed by atoms with Gasteiger partial charge < -0.3 is 9.47 Å². The van der Waals surface area contributed by atoms with Gasteiger partial charge in [0, 0.05) is 12.0 Å². The van der Waals surface area contributed by atoms with Crippen LogP contribution in [-0.4, -0.2) is 25.2 Å². The number of carbonyl (C=O) groups is 2. The molecule has 0 aliphatic carbocycles. The molecule has 0 saturated heterocycles. The summed E-state index contributed by atoms with van der Waals surface area (Å²) in [5.41, 5.74) is -0.693. The fraction of sp³-hybridized carbons (Fsp3) is 0.429. The van der Waals surface area contributed by atoms with Gasteiger partial charge in [0.2, 0.25) is 0 Å². The number of carbonyl (C=O) groups excluding carboxylic acids is 2. The third-order valence-corrected chi connectivity index (χ3v) is 2.69. The van der Waals surface area contributed by atoms with E-state index in [4.69, 9.17) is 0 Å². The van der Waals surface area contributed by atoms with E-state index in [2.05, 4.69) is 9.47 Å². The zero-order chi connectivity index (χ0) is 16.0. The van der Waals surface area contributed by atoms with Crippen molar-refractivity contribution in [1.29, 1.82) is 0 Å². The topological polar surface area (TPSA) is 52.6 Å². The van der Waals surface area contributed by atoms with E-state index in [0.717, 1.165) is 6.07 Å². The van der Waals surface area contributed by atoms with Crippen molar-refractivity contribution in [3.05, 3.63) is 35.1 Å². The molecule has 0 fully saturated rings. The maximum absolute atomic E-state index is 13.6. The predicted octanol–water partition coefficient (Wildman–Crippen LogP) is 2.39. The SMILES string of the molecule is CCOC(=O)C(Cc1c(F)ccc(F)c1F)C(=O)OCC. The van der Waals surface area contributed by atoms with Crippen molar-refractivity contribution in [2.45, 2.75) is 20.3 Å². The Morgan fingerprint density at radius 2 is 1.48 bits per heavy atom. The van der Waals surface area contributed by atoms with Crippen molar-refractivity contribution in [3.63, 3.8) is 0 Å². The first kappa shape index (κ1) is 17.0. The Kier molecular flexibility index (Phi) is 6.20. The van der Waals surface area contributed by atoms with Gasteiger partial charge in [-0.25, -0.2) is 13.2 Å². The summed E-state index contributed by atoms with van der Waals surface area (Å²) >= 11 is 0. The standard InChI is InChI=1S/C14H15F3O4/c1-3-20-13(18)9(14(19)21-4-2)7-8-10(15)5-6-11(16)12(8)17/h5-6,9H,3-4,7H2,1-2H3. The van der Waals surface area contributed by atoms with Crippen molar-refractivity contribution < 1.29 is 32.2 Å². The molecule has 0 N–H and O–H groups in total. The van der Waals surface area contributed by atoms with Crippen LogP contribution in [0.25, 0.3) is 0 Å². The van der Waals surface area contributed by atoms with Crippen LogP contribution >= 0.6 is 0 Å². The number of esters is 2. The summed E-state index contributed by atoms with van der Waals surface area (Å²) in [5.74, 6) is -7.24. The molecule has 1 rings (SSSR count). The van der Waals surface area contributed by atoms with Crippen molar-refractivity contribution >= 4 is 11.9 Å². The molecular formula is C14H15F3O4. The van der Waals surface area contributed by atoms with Crippen LogP contribution < -0.4 is 0 Å². The van der Waals surface area contributed by atoms with E-state index in [0.29, 0.717) is 6.07 Å². The highest BCUT2D eigenvalue weighted by Crippen LogP contribution is 2.21. The van der Waals surface area contributed by atoms with Crippen LogP contribution in [0.3, 0.4) is 0 Å². The molecule has 0 atom stereocenters. The third-order valence-electron chi connectivity index (χ3n) is 2.69. The van der Waals surface area contributed by atoms with E-state index in [1.807, 2.05) is 0 Å². The summed E-state index contributed by atoms with van der Waals surface area (Å²) in [6, 6.07) is 1.35. The first-order valence-electron chi connectivity index (χ1n) is 6.37. The first-order valence-corrected chi connectivity index (χ1v) is 6.37. The van der Waals surface area contributed by atoms with Gasteiger partial charge in [0.15, 0.2) is 17.6 Å². The Morgan fingerprint density at radius 3 is 1.95 bits per heavy atom. The molecule has 0 aliphatic rings. The maximum Gasteiger partial charge on any atom is 0.320 e. The lowest BCUT2D eigenvalue weighted by Crippen LogP contribution is -2.30. The number of ether oxygens (including phenoxy) is 2. The normalized spacial score (nSPS) is 10.6. The van der Waals surface area contributed by atoms with Gasteiger partial charge in [0.25, 0.3) is 0 Å². The molecule has 0 heterocycles. The van der Waals surface area contributed by atoms with Gasteiger partial charge in [-0.15, -0.1) is 0 Å². The monoisotopic (exact) mass is 304 g/mol. The minimum atomic E-state index is -1.55. The molecule has 7 heteroatoms. The van der Waals surface area contributed by atoms with E-state index in [-0.39, 0.29) is 13.2 Å². The lowest BCUT2D eigenvalue weighted by atomic mass is 9.98. The predicted molar refractivity (Wildman–Crippen MR) is 66.8 cm³/mol. The molecule has 0 unspecified atom stereocenters. The van der Waals surface area contributed by atoms with Gasteiger partial charge in [-0.2, -0.15) is 0 Å². The molecule has 0 saturated carbocycles. The van der Waals surface area contributed by atoms with Crippen LogP contribution in [-0.2, 0) is 25.5 Å². The van der Waals surface area contributed by atoms with E-state index >= 15 is 0 Å². The smallest absolute Gasteiger partial charge is 0.320 e. The van der Waals surface area contributed by atoms with Gasteiger partial charge in [-0.3, -0.25) is 9.59 Å². The number of rotatable bonds is 6. The van der Waals surface area contributed by atoms with Crippen LogP contribution in [0.2, 0.25) is 0 Å². The molecule has 0 radical (unpaired) electrons. The molecule has 0 amide bonds. The second kappa shape index (κ2) is 7.66. The Balaban J connectivity index is 3.09. The fourth-order valence-electron chi connectivity index (χ4n) is 1.71. The summed E-state index contributed by atoms with van der Waals surface area (Å²) in [6.45, 7) is 3.01. The van der Waals surface area contributed by atoms with Gasteiger partial charge in [0.05, 0.1) is 13.2 Å². The minimum Gasteiger partial charge on any atom is -0.465 e. The Hall–Kier alpha value is -2.05. The zero-order valence-electron chi connectivity index (χ0n) is 11.6. The number of benzene rings is 1. The number of hydrogen-bond acceptors (Lipinski definition) is 4. The van der Waals surface area contributed by atoms with Crippen LogP contribution in [0, 0.1) is 23.4 Å². The molecule has 0 aromatic heterocycles. The molecule has 0 spiro atoms. The van der Waals surface area contributed by atoms with E-state index in [1.54, 1.807) is 0 Å². The maximum atomic E-state index is 13.6. The first-order chi connectivity index (χ1) is 9.92. The zero-order valence-corrected chi connectivity index (χ0v) is 11.6. The van der Waals surface area contributed by atoms with Crippen molar-refractivity contribution in [2.75, 3.05) is 13.2 Å². The highest BCUT2D eigenvalue weighted by Gasteiger charge is 2.32. The van der Waals surface area contributed by atoms with Gasteiger partial charge >= 0.3 is 11.9 Å². The van der Waals surface area contributed by atoms with Crippen LogP contribution in [0.1, 0.15) is 19.4 Å². The average Bonchev–Trinajstić information content (AvgIpc) is 2.43. The molecule has 1 aromatic carbocycles. The molecule has 4 nitrogen and oxygen atoms in total. The number of halogens is 3. The second-order valence-corrected chi connectivity index (χ2v) is 4.08. The lowest BCUT2D eigenvalue weighted by molar-refractivity contribution is -0.161. The fourth-order valence-corrected chi connectivity index (χ4v) is 1.71. The summed E-state index contributed by atoms with van der Waals surface area (Å²) < 4.78 is 49.7. The van der Waals surface area contributed by atoms with Gasteiger partial charge in [-0.1, -0.05) is 0 Å². The Labute approximate surface area is 119 Å². The highest BCUT2D eigenvalue weighted by molar-refractivity contribution is 5.95. The van der Waals surface area contributed by atoms with E-state index in [1.165, 1.54) is 13.8 Å². The van der Waals surface area contributed by atoms with Crippen LogP contribution in [0.15, 0.2) is 12.1 Å². The molecule has 1 aromatic rings. The third kappa shape index (κ3) is 4.21. The van der Waals surface area contributed by atoms with E-state index in [9.17, 15) is 22.8 Å². The lowest BCUT2D eigenvalue weighted by Gasteiger charge is -2.15. The summed E-state index contributed by atoms with van der Waals surface area (Å²) in [4.78, 5) is 23.4. The summed E-state index contributed by atoms with van der Waals surface area (Å²) in [5, 5.41) is 0. The highest BCUT2D eigenvalue weighted by atomic mass is 19.2. The van der Waals surface area contributed by atoms with Crippen LogP contribution in [0.5, 0.6) is 0 Å². The van der Waals surface area contributed by atoms with Gasteiger partial charge in [-0.05, 0) is 26.0 Å². The molecular weight excluding hydrogens is 289 g/mol. The quantitative estimate of drug-likeness (QED) is 0.460. The van der Waals surface area contributed by atoms with Crippen molar-refractivity contribution in [2.24, 2.45) is 5.92 Å². The minimum absolute atomic E-state index is 0.0111. The average molecular weight is 304 g/mol. The summed E-state index contributed by atoms with van der Waals surface area (Å²) in [7, 11) is 0. The van der Waals surface area contributed by atoms with Gasteiger partial charge in [0.1, 0.15) is 5.82 Å². The Morgan fingerprint density at radius 1 is 1.00 bits per heavy atom. The van der Waals surface area contributed by atoms with Crippen molar-refractivity contribution in [3.8, 4) is 0 Å². The molecule has 0 bridgehead atoms. The molecule has 116 valence electrons. The second-order valence-electron chi connectivity index (χ2n) is 4.08. The van der Waals surface area contributed by atoms with E-state index < -0.39 is 47.3 Å².